The highest BCUT2D eigenvalue weighted by molar-refractivity contribution is 9.10. The summed E-state index contributed by atoms with van der Waals surface area (Å²) in [5.41, 5.74) is 3.29. The van der Waals surface area contributed by atoms with E-state index in [1.807, 2.05) is 18.2 Å². The van der Waals surface area contributed by atoms with Gasteiger partial charge in [-0.1, -0.05) is 47.1 Å². The third-order valence-electron chi connectivity index (χ3n) is 3.21. The monoisotopic (exact) mass is 321 g/mol. The van der Waals surface area contributed by atoms with Crippen LogP contribution in [0.15, 0.2) is 46.9 Å². The molecule has 0 amide bonds. The Morgan fingerprint density at radius 1 is 1.21 bits per heavy atom. The van der Waals surface area contributed by atoms with E-state index >= 15 is 0 Å². The molecule has 2 aromatic carbocycles. The minimum absolute atomic E-state index is 0.0122. The van der Waals surface area contributed by atoms with Crippen molar-refractivity contribution in [2.75, 3.05) is 6.54 Å². The molecule has 1 unspecified atom stereocenters. The fourth-order valence-electron chi connectivity index (χ4n) is 2.23. The summed E-state index contributed by atoms with van der Waals surface area (Å²) in [4.78, 5) is 0. The van der Waals surface area contributed by atoms with Crippen molar-refractivity contribution in [1.29, 1.82) is 0 Å². The predicted molar refractivity (Wildman–Crippen MR) is 80.8 cm³/mol. The lowest BCUT2D eigenvalue weighted by atomic mass is 9.95. The molecule has 0 bridgehead atoms. The molecule has 19 heavy (non-hydrogen) atoms. The summed E-state index contributed by atoms with van der Waals surface area (Å²) in [6, 6.07) is 12.9. The van der Waals surface area contributed by atoms with Crippen molar-refractivity contribution in [1.82, 2.24) is 5.32 Å². The van der Waals surface area contributed by atoms with Crippen LogP contribution in [0.5, 0.6) is 0 Å². The van der Waals surface area contributed by atoms with E-state index in [1.54, 1.807) is 12.1 Å². The van der Waals surface area contributed by atoms with Gasteiger partial charge in [-0.05, 0) is 48.4 Å². The van der Waals surface area contributed by atoms with E-state index in [-0.39, 0.29) is 11.9 Å². The number of rotatable bonds is 4. The number of hydrogen-bond acceptors (Lipinski definition) is 1. The first-order chi connectivity index (χ1) is 9.13. The molecule has 100 valence electrons. The van der Waals surface area contributed by atoms with Crippen molar-refractivity contribution < 1.29 is 4.39 Å². The van der Waals surface area contributed by atoms with Gasteiger partial charge in [-0.2, -0.15) is 0 Å². The highest BCUT2D eigenvalue weighted by atomic mass is 79.9. The lowest BCUT2D eigenvalue weighted by molar-refractivity contribution is 0.601. The van der Waals surface area contributed by atoms with Crippen LogP contribution in [0, 0.1) is 12.7 Å². The molecule has 0 fully saturated rings. The van der Waals surface area contributed by atoms with Crippen LogP contribution < -0.4 is 5.32 Å². The van der Waals surface area contributed by atoms with Crippen molar-refractivity contribution >= 4 is 15.9 Å². The van der Waals surface area contributed by atoms with Gasteiger partial charge in [0.15, 0.2) is 0 Å². The molecule has 0 radical (unpaired) electrons. The molecule has 1 N–H and O–H groups in total. The summed E-state index contributed by atoms with van der Waals surface area (Å²) in [5, 5.41) is 3.42. The van der Waals surface area contributed by atoms with Gasteiger partial charge in [0.25, 0.3) is 0 Å². The molecule has 1 nitrogen and oxygen atoms in total. The first kappa shape index (κ1) is 14.2. The molecular formula is C16H17BrFN. The maximum Gasteiger partial charge on any atom is 0.123 e. The van der Waals surface area contributed by atoms with E-state index < -0.39 is 0 Å². The topological polar surface area (TPSA) is 12.0 Å². The molecule has 0 saturated carbocycles. The number of benzene rings is 2. The molecule has 2 aromatic rings. The molecule has 0 aromatic heterocycles. The molecule has 0 aliphatic rings. The van der Waals surface area contributed by atoms with Crippen molar-refractivity contribution in [2.24, 2.45) is 0 Å². The minimum Gasteiger partial charge on any atom is -0.307 e. The standard InChI is InChI=1S/C16H17BrFN/c1-3-19-16(12-6-4-7-13(18)10-12)14-8-5-9-15(17)11(14)2/h4-10,16,19H,3H2,1-2H3. The zero-order valence-corrected chi connectivity index (χ0v) is 12.7. The van der Waals surface area contributed by atoms with Gasteiger partial charge in [0, 0.05) is 4.47 Å². The highest BCUT2D eigenvalue weighted by Crippen LogP contribution is 2.29. The second kappa shape index (κ2) is 6.31. The summed E-state index contributed by atoms with van der Waals surface area (Å²) in [7, 11) is 0. The quantitative estimate of drug-likeness (QED) is 0.868. The molecule has 2 rings (SSSR count). The van der Waals surface area contributed by atoms with Crippen molar-refractivity contribution in [3.63, 3.8) is 0 Å². The van der Waals surface area contributed by atoms with Gasteiger partial charge >= 0.3 is 0 Å². The van der Waals surface area contributed by atoms with Crippen LogP contribution in [0.1, 0.15) is 29.7 Å². The van der Waals surface area contributed by atoms with Crippen LogP contribution in [0.4, 0.5) is 4.39 Å². The molecule has 0 heterocycles. The third-order valence-corrected chi connectivity index (χ3v) is 4.07. The second-order valence-corrected chi connectivity index (χ2v) is 5.35. The summed E-state index contributed by atoms with van der Waals surface area (Å²) >= 11 is 3.55. The van der Waals surface area contributed by atoms with Gasteiger partial charge in [-0.3, -0.25) is 0 Å². The van der Waals surface area contributed by atoms with Gasteiger partial charge in [0.2, 0.25) is 0 Å². The summed E-state index contributed by atoms with van der Waals surface area (Å²) < 4.78 is 14.5. The SMILES string of the molecule is CCNC(c1cccc(F)c1)c1cccc(Br)c1C. The smallest absolute Gasteiger partial charge is 0.123 e. The van der Waals surface area contributed by atoms with E-state index in [2.05, 4.69) is 41.2 Å². The van der Waals surface area contributed by atoms with Crippen LogP contribution in [0.3, 0.4) is 0 Å². The second-order valence-electron chi connectivity index (χ2n) is 4.50. The largest absolute Gasteiger partial charge is 0.307 e. The van der Waals surface area contributed by atoms with Crippen LogP contribution in [-0.2, 0) is 0 Å². The molecule has 0 saturated heterocycles. The maximum atomic E-state index is 13.4. The Morgan fingerprint density at radius 2 is 1.95 bits per heavy atom. The van der Waals surface area contributed by atoms with Crippen LogP contribution in [-0.4, -0.2) is 6.54 Å². The minimum atomic E-state index is -0.201. The van der Waals surface area contributed by atoms with E-state index in [9.17, 15) is 4.39 Å². The molecule has 0 aliphatic heterocycles. The van der Waals surface area contributed by atoms with Crippen molar-refractivity contribution in [3.05, 3.63) is 69.4 Å². The Bertz CT molecular complexity index is 568. The van der Waals surface area contributed by atoms with Crippen LogP contribution in [0.2, 0.25) is 0 Å². The highest BCUT2D eigenvalue weighted by Gasteiger charge is 2.16. The Balaban J connectivity index is 2.48. The van der Waals surface area contributed by atoms with Gasteiger partial charge in [-0.25, -0.2) is 4.39 Å². The van der Waals surface area contributed by atoms with E-state index in [1.165, 1.54) is 17.2 Å². The average Bonchev–Trinajstić information content (AvgIpc) is 2.40. The third kappa shape index (κ3) is 3.23. The molecule has 1 atom stereocenters. The van der Waals surface area contributed by atoms with Crippen LogP contribution in [0.25, 0.3) is 0 Å². The number of nitrogens with one attached hydrogen (secondary N) is 1. The Kier molecular flexibility index (Phi) is 4.72. The van der Waals surface area contributed by atoms with E-state index in [4.69, 9.17) is 0 Å². The van der Waals surface area contributed by atoms with E-state index in [0.29, 0.717) is 0 Å². The fraction of sp³-hybridized carbons (Fsp3) is 0.250. The molecule has 0 aliphatic carbocycles. The number of halogens is 2. The summed E-state index contributed by atoms with van der Waals surface area (Å²) in [6.45, 7) is 4.95. The number of hydrogen-bond donors (Lipinski definition) is 1. The Labute approximate surface area is 122 Å². The predicted octanol–water partition coefficient (Wildman–Crippen LogP) is 4.60. The Morgan fingerprint density at radius 3 is 2.63 bits per heavy atom. The first-order valence-electron chi connectivity index (χ1n) is 6.37. The van der Waals surface area contributed by atoms with Crippen LogP contribution >= 0.6 is 15.9 Å². The molecular weight excluding hydrogens is 305 g/mol. The zero-order chi connectivity index (χ0) is 13.8. The fourth-order valence-corrected chi connectivity index (χ4v) is 2.62. The van der Waals surface area contributed by atoms with Gasteiger partial charge in [-0.15, -0.1) is 0 Å². The summed E-state index contributed by atoms with van der Waals surface area (Å²) in [5.74, 6) is -0.201. The first-order valence-corrected chi connectivity index (χ1v) is 7.16. The lowest BCUT2D eigenvalue weighted by Crippen LogP contribution is -2.23. The van der Waals surface area contributed by atoms with Gasteiger partial charge < -0.3 is 5.32 Å². The average molecular weight is 322 g/mol. The lowest BCUT2D eigenvalue weighted by Gasteiger charge is -2.21. The Hall–Kier alpha value is -1.19. The van der Waals surface area contributed by atoms with Crippen molar-refractivity contribution in [2.45, 2.75) is 19.9 Å². The van der Waals surface area contributed by atoms with E-state index in [0.717, 1.165) is 16.6 Å². The maximum absolute atomic E-state index is 13.4. The normalized spacial score (nSPS) is 12.4. The van der Waals surface area contributed by atoms with Gasteiger partial charge in [0.1, 0.15) is 5.82 Å². The zero-order valence-electron chi connectivity index (χ0n) is 11.1. The van der Waals surface area contributed by atoms with Crippen molar-refractivity contribution in [3.8, 4) is 0 Å². The summed E-state index contributed by atoms with van der Waals surface area (Å²) in [6.07, 6.45) is 0. The van der Waals surface area contributed by atoms with Gasteiger partial charge in [0.05, 0.1) is 6.04 Å². The molecule has 0 spiro atoms. The molecule has 3 heteroatoms.